The van der Waals surface area contributed by atoms with Crippen molar-refractivity contribution in [2.24, 2.45) is 0 Å². The third-order valence-electron chi connectivity index (χ3n) is 3.02. The van der Waals surface area contributed by atoms with Crippen LogP contribution in [0.2, 0.25) is 0 Å². The average molecular weight is 248 g/mol. The van der Waals surface area contributed by atoms with Crippen LogP contribution in [0, 0.1) is 0 Å². The van der Waals surface area contributed by atoms with Crippen LogP contribution in [0.15, 0.2) is 12.4 Å². The summed E-state index contributed by atoms with van der Waals surface area (Å²) in [5, 5.41) is 6.11. The van der Waals surface area contributed by atoms with E-state index < -0.39 is 0 Å². The Morgan fingerprint density at radius 3 is 2.44 bits per heavy atom. The van der Waals surface area contributed by atoms with Crippen molar-refractivity contribution in [1.29, 1.82) is 0 Å². The summed E-state index contributed by atoms with van der Waals surface area (Å²) in [5.74, 6) is 0.486. The maximum Gasteiger partial charge on any atom is 0.254 e. The minimum absolute atomic E-state index is 0.0713. The quantitative estimate of drug-likeness (QED) is 0.855. The molecule has 0 spiro atoms. The van der Waals surface area contributed by atoms with Crippen LogP contribution in [0.25, 0.3) is 0 Å². The smallest absolute Gasteiger partial charge is 0.254 e. The molecule has 1 aromatic rings. The molecule has 0 aromatic carbocycles. The average Bonchev–Trinajstić information content (AvgIpc) is 2.82. The third-order valence-corrected chi connectivity index (χ3v) is 3.02. The van der Waals surface area contributed by atoms with Crippen molar-refractivity contribution in [2.75, 3.05) is 5.32 Å². The van der Waals surface area contributed by atoms with Crippen LogP contribution in [-0.4, -0.2) is 28.0 Å². The minimum atomic E-state index is -0.0713. The highest BCUT2D eigenvalue weighted by Gasteiger charge is 2.18. The fraction of sp³-hybridized carbons (Fsp3) is 0.615. The summed E-state index contributed by atoms with van der Waals surface area (Å²) in [5.41, 5.74) is 0.524. The first kappa shape index (κ1) is 12.8. The van der Waals surface area contributed by atoms with E-state index in [0.29, 0.717) is 17.6 Å². The lowest BCUT2D eigenvalue weighted by Gasteiger charge is -2.12. The molecule has 0 aliphatic heterocycles. The number of aromatic nitrogens is 2. The van der Waals surface area contributed by atoms with Gasteiger partial charge in [-0.3, -0.25) is 4.79 Å². The van der Waals surface area contributed by atoms with E-state index in [0.717, 1.165) is 12.8 Å². The Hall–Kier alpha value is -1.65. The van der Waals surface area contributed by atoms with Gasteiger partial charge in [0.25, 0.3) is 5.91 Å². The third kappa shape index (κ3) is 3.42. The fourth-order valence-electron chi connectivity index (χ4n) is 2.12. The Kier molecular flexibility index (Phi) is 4.12. The van der Waals surface area contributed by atoms with E-state index in [4.69, 9.17) is 0 Å². The maximum absolute atomic E-state index is 11.9. The molecule has 0 bridgehead atoms. The van der Waals surface area contributed by atoms with Crippen LogP contribution in [-0.2, 0) is 0 Å². The molecule has 18 heavy (non-hydrogen) atoms. The molecule has 2 N–H and O–H groups in total. The molecule has 1 amide bonds. The van der Waals surface area contributed by atoms with E-state index in [9.17, 15) is 4.79 Å². The molecule has 5 heteroatoms. The van der Waals surface area contributed by atoms with Crippen molar-refractivity contribution < 1.29 is 4.79 Å². The second kappa shape index (κ2) is 5.80. The van der Waals surface area contributed by atoms with Gasteiger partial charge >= 0.3 is 0 Å². The topological polar surface area (TPSA) is 66.9 Å². The molecule has 98 valence electrons. The van der Waals surface area contributed by atoms with Gasteiger partial charge in [-0.25, -0.2) is 9.97 Å². The van der Waals surface area contributed by atoms with Gasteiger partial charge in [0.15, 0.2) is 0 Å². The van der Waals surface area contributed by atoms with Gasteiger partial charge < -0.3 is 10.6 Å². The lowest BCUT2D eigenvalue weighted by atomic mass is 10.2. The summed E-state index contributed by atoms with van der Waals surface area (Å²) in [4.78, 5) is 20.2. The molecule has 1 fully saturated rings. The summed E-state index contributed by atoms with van der Waals surface area (Å²) in [7, 11) is 0. The van der Waals surface area contributed by atoms with Crippen LogP contribution < -0.4 is 10.6 Å². The first-order valence-corrected chi connectivity index (χ1v) is 6.54. The number of nitrogens with zero attached hydrogens (tertiary/aromatic N) is 2. The molecule has 5 nitrogen and oxygen atoms in total. The lowest BCUT2D eigenvalue weighted by molar-refractivity contribution is 0.0937. The zero-order chi connectivity index (χ0) is 13.0. The van der Waals surface area contributed by atoms with E-state index in [1.165, 1.54) is 12.8 Å². The Labute approximate surface area is 107 Å². The summed E-state index contributed by atoms with van der Waals surface area (Å²) in [6.45, 7) is 4.04. The molecule has 1 heterocycles. The van der Waals surface area contributed by atoms with Gasteiger partial charge in [-0.2, -0.15) is 0 Å². The van der Waals surface area contributed by atoms with Gasteiger partial charge in [-0.05, 0) is 26.7 Å². The van der Waals surface area contributed by atoms with E-state index >= 15 is 0 Å². The summed E-state index contributed by atoms with van der Waals surface area (Å²) >= 11 is 0. The highest BCUT2D eigenvalue weighted by molar-refractivity contribution is 5.93. The molecule has 1 aromatic heterocycles. The molecule has 0 atom stereocenters. The zero-order valence-corrected chi connectivity index (χ0v) is 10.9. The number of carbonyl (C=O) groups excluding carboxylic acids is 1. The molecule has 0 unspecified atom stereocenters. The SMILES string of the molecule is CC(C)Nc1ncc(C(=O)NC2CCCC2)cn1. The van der Waals surface area contributed by atoms with Crippen LogP contribution in [0.3, 0.4) is 0 Å². The second-order valence-corrected chi connectivity index (χ2v) is 5.05. The Bertz CT molecular complexity index is 396. The van der Waals surface area contributed by atoms with Crippen LogP contribution in [0.1, 0.15) is 49.9 Å². The van der Waals surface area contributed by atoms with Gasteiger partial charge in [0, 0.05) is 24.5 Å². The highest BCUT2D eigenvalue weighted by atomic mass is 16.1. The van der Waals surface area contributed by atoms with Gasteiger partial charge in [0.1, 0.15) is 0 Å². The standard InChI is InChI=1S/C13H20N4O/c1-9(2)16-13-14-7-10(8-15-13)12(18)17-11-5-3-4-6-11/h7-9,11H,3-6H2,1-2H3,(H,17,18)(H,14,15,16). The van der Waals surface area contributed by atoms with Gasteiger partial charge in [0.2, 0.25) is 5.95 Å². The summed E-state index contributed by atoms with van der Waals surface area (Å²) < 4.78 is 0. The van der Waals surface area contributed by atoms with Crippen molar-refractivity contribution in [2.45, 2.75) is 51.6 Å². The first-order chi connectivity index (χ1) is 8.65. The molecule has 0 saturated heterocycles. The molecule has 1 aliphatic carbocycles. The van der Waals surface area contributed by atoms with Gasteiger partial charge in [-0.15, -0.1) is 0 Å². The predicted octanol–water partition coefficient (Wildman–Crippen LogP) is 1.97. The van der Waals surface area contributed by atoms with Crippen molar-refractivity contribution in [3.8, 4) is 0 Å². The number of carbonyl (C=O) groups is 1. The van der Waals surface area contributed by atoms with E-state index in [2.05, 4.69) is 20.6 Å². The molecule has 1 saturated carbocycles. The summed E-state index contributed by atoms with van der Waals surface area (Å²) in [6, 6.07) is 0.606. The first-order valence-electron chi connectivity index (χ1n) is 6.54. The number of rotatable bonds is 4. The van der Waals surface area contributed by atoms with Crippen molar-refractivity contribution >= 4 is 11.9 Å². The molecule has 0 radical (unpaired) electrons. The van der Waals surface area contributed by atoms with Crippen LogP contribution >= 0.6 is 0 Å². The number of anilines is 1. The lowest BCUT2D eigenvalue weighted by Crippen LogP contribution is -2.32. The van der Waals surface area contributed by atoms with Crippen molar-refractivity contribution in [1.82, 2.24) is 15.3 Å². The van der Waals surface area contributed by atoms with E-state index in [-0.39, 0.29) is 11.9 Å². The van der Waals surface area contributed by atoms with Crippen molar-refractivity contribution in [3.05, 3.63) is 18.0 Å². The monoisotopic (exact) mass is 248 g/mol. The highest BCUT2D eigenvalue weighted by Crippen LogP contribution is 2.18. The Morgan fingerprint density at radius 1 is 1.28 bits per heavy atom. The minimum Gasteiger partial charge on any atom is -0.352 e. The zero-order valence-electron chi connectivity index (χ0n) is 10.9. The van der Waals surface area contributed by atoms with Crippen molar-refractivity contribution in [3.63, 3.8) is 0 Å². The number of nitrogens with one attached hydrogen (secondary N) is 2. The normalized spacial score (nSPS) is 15.9. The Balaban J connectivity index is 1.93. The molecule has 2 rings (SSSR count). The largest absolute Gasteiger partial charge is 0.352 e. The molecule has 1 aliphatic rings. The van der Waals surface area contributed by atoms with Crippen LogP contribution in [0.5, 0.6) is 0 Å². The van der Waals surface area contributed by atoms with E-state index in [1.54, 1.807) is 12.4 Å². The summed E-state index contributed by atoms with van der Waals surface area (Å²) in [6.07, 6.45) is 7.72. The van der Waals surface area contributed by atoms with E-state index in [1.807, 2.05) is 13.8 Å². The number of amides is 1. The molecular weight excluding hydrogens is 228 g/mol. The van der Waals surface area contributed by atoms with Crippen LogP contribution in [0.4, 0.5) is 5.95 Å². The molecular formula is C13H20N4O. The maximum atomic E-state index is 11.9. The van der Waals surface area contributed by atoms with Gasteiger partial charge in [0.05, 0.1) is 5.56 Å². The number of hydrogen-bond acceptors (Lipinski definition) is 4. The fourth-order valence-corrected chi connectivity index (χ4v) is 2.12. The number of hydrogen-bond donors (Lipinski definition) is 2. The predicted molar refractivity (Wildman–Crippen MR) is 70.5 cm³/mol. The Morgan fingerprint density at radius 2 is 1.89 bits per heavy atom. The second-order valence-electron chi connectivity index (χ2n) is 5.05. The van der Waals surface area contributed by atoms with Gasteiger partial charge in [-0.1, -0.05) is 12.8 Å².